The number of rotatable bonds is 6. The van der Waals surface area contributed by atoms with E-state index in [9.17, 15) is 14.4 Å². The third-order valence-corrected chi connectivity index (χ3v) is 4.72. The predicted octanol–water partition coefficient (Wildman–Crippen LogP) is 1.57. The molecule has 3 atom stereocenters. The van der Waals surface area contributed by atoms with Crippen LogP contribution < -0.4 is 0 Å². The van der Waals surface area contributed by atoms with Gasteiger partial charge in [-0.05, 0) is 12.8 Å². The molecule has 1 fully saturated rings. The van der Waals surface area contributed by atoms with Gasteiger partial charge >= 0.3 is 5.97 Å². The van der Waals surface area contributed by atoms with Crippen molar-refractivity contribution in [2.24, 2.45) is 17.8 Å². The van der Waals surface area contributed by atoms with Crippen molar-refractivity contribution in [2.75, 3.05) is 33.3 Å². The number of ether oxygens (including phenoxy) is 1. The van der Waals surface area contributed by atoms with E-state index in [4.69, 9.17) is 10.5 Å². The van der Waals surface area contributed by atoms with Gasteiger partial charge in [-0.1, -0.05) is 20.8 Å². The summed E-state index contributed by atoms with van der Waals surface area (Å²) in [6, 6.07) is -0.0791. The number of nitrogens with one attached hydrogen (secondary N) is 1. The molecule has 1 heterocycles. The minimum atomic E-state index is -0.471. The van der Waals surface area contributed by atoms with Crippen LogP contribution in [0.4, 0.5) is 0 Å². The van der Waals surface area contributed by atoms with Crippen molar-refractivity contribution in [3.05, 3.63) is 5.73 Å². The van der Waals surface area contributed by atoms with Crippen LogP contribution in [0.3, 0.4) is 0 Å². The van der Waals surface area contributed by atoms with Crippen molar-refractivity contribution in [3.63, 3.8) is 0 Å². The van der Waals surface area contributed by atoms with E-state index in [0.29, 0.717) is 19.6 Å². The van der Waals surface area contributed by atoms with Crippen molar-refractivity contribution in [2.45, 2.75) is 40.2 Å². The van der Waals surface area contributed by atoms with E-state index in [1.54, 1.807) is 16.7 Å². The summed E-state index contributed by atoms with van der Waals surface area (Å²) >= 11 is 0. The standard InChI is InChI=1S/C17H30N3O4.Pd/c1-11(2)15(17(23)24-5)13(4)16(22)19-8-9-20(12(3)10-19)14(21)6-7-18;/h11-13,15,18H,6-10H2,1-5H3;/q-1;. The number of carbonyl (C=O) groups is 3. The van der Waals surface area contributed by atoms with Crippen LogP contribution in [0, 0.1) is 17.8 Å². The first-order valence-electron chi connectivity index (χ1n) is 8.55. The van der Waals surface area contributed by atoms with Gasteiger partial charge in [0.2, 0.25) is 11.8 Å². The van der Waals surface area contributed by atoms with Gasteiger partial charge in [-0.15, -0.1) is 6.54 Å². The van der Waals surface area contributed by atoms with Gasteiger partial charge < -0.3 is 20.3 Å². The maximum absolute atomic E-state index is 12.8. The smallest absolute Gasteiger partial charge is 0.309 e. The van der Waals surface area contributed by atoms with Gasteiger partial charge in [-0.2, -0.15) is 0 Å². The molecule has 3 unspecified atom stereocenters. The fourth-order valence-corrected chi connectivity index (χ4v) is 3.41. The van der Waals surface area contributed by atoms with Crippen LogP contribution in [0.2, 0.25) is 0 Å². The summed E-state index contributed by atoms with van der Waals surface area (Å²) in [4.78, 5) is 40.3. The van der Waals surface area contributed by atoms with Gasteiger partial charge in [-0.3, -0.25) is 14.4 Å². The van der Waals surface area contributed by atoms with E-state index in [-0.39, 0.29) is 63.1 Å². The fourth-order valence-electron chi connectivity index (χ4n) is 3.41. The third-order valence-electron chi connectivity index (χ3n) is 4.72. The maximum Gasteiger partial charge on any atom is 0.309 e. The van der Waals surface area contributed by atoms with Crippen molar-refractivity contribution in [1.82, 2.24) is 9.80 Å². The van der Waals surface area contributed by atoms with Crippen LogP contribution in [-0.4, -0.2) is 66.9 Å². The Labute approximate surface area is 164 Å². The van der Waals surface area contributed by atoms with E-state index in [2.05, 4.69) is 0 Å². The van der Waals surface area contributed by atoms with Gasteiger partial charge in [0.1, 0.15) is 0 Å². The quantitative estimate of drug-likeness (QED) is 0.457. The number of amides is 2. The molecule has 0 spiro atoms. The number of nitrogens with zero attached hydrogens (tertiary/aromatic N) is 2. The van der Waals surface area contributed by atoms with E-state index in [1.807, 2.05) is 20.8 Å². The van der Waals surface area contributed by atoms with E-state index in [1.165, 1.54) is 7.11 Å². The SMILES string of the molecule is COC(=O)C(C(C)C)C(C)C(=O)N1CCN(C(=O)CC[NH-])C(C)C1.[Pd]. The first-order chi connectivity index (χ1) is 11.2. The van der Waals surface area contributed by atoms with Gasteiger partial charge in [0.15, 0.2) is 0 Å². The third kappa shape index (κ3) is 6.05. The molecule has 1 aliphatic rings. The van der Waals surface area contributed by atoms with Crippen LogP contribution in [0.25, 0.3) is 5.73 Å². The number of esters is 1. The van der Waals surface area contributed by atoms with Crippen molar-refractivity contribution < 1.29 is 39.5 Å². The number of methoxy groups -OCH3 is 1. The number of hydrogen-bond acceptors (Lipinski definition) is 4. The zero-order valence-electron chi connectivity index (χ0n) is 15.7. The topological polar surface area (TPSA) is 90.7 Å². The average molecular weight is 447 g/mol. The second-order valence-corrected chi connectivity index (χ2v) is 6.80. The van der Waals surface area contributed by atoms with Crippen molar-refractivity contribution in [3.8, 4) is 0 Å². The van der Waals surface area contributed by atoms with Crippen LogP contribution >= 0.6 is 0 Å². The molecule has 1 aliphatic heterocycles. The number of hydrogen-bond donors (Lipinski definition) is 0. The van der Waals surface area contributed by atoms with E-state index in [0.717, 1.165) is 0 Å². The molecule has 0 aromatic rings. The van der Waals surface area contributed by atoms with E-state index >= 15 is 0 Å². The summed E-state index contributed by atoms with van der Waals surface area (Å²) in [5, 5.41) is 0. The first-order valence-corrected chi connectivity index (χ1v) is 8.55. The van der Waals surface area contributed by atoms with Crippen LogP contribution in [-0.2, 0) is 39.5 Å². The van der Waals surface area contributed by atoms with Crippen LogP contribution in [0.15, 0.2) is 0 Å². The van der Waals surface area contributed by atoms with E-state index < -0.39 is 11.8 Å². The molecule has 25 heavy (non-hydrogen) atoms. The second-order valence-electron chi connectivity index (χ2n) is 6.80. The Hall–Kier alpha value is -0.968. The Morgan fingerprint density at radius 2 is 1.80 bits per heavy atom. The Morgan fingerprint density at radius 1 is 1.20 bits per heavy atom. The molecule has 1 saturated heterocycles. The Morgan fingerprint density at radius 3 is 2.24 bits per heavy atom. The molecule has 0 aromatic heterocycles. The largest absolute Gasteiger partial charge is 0.677 e. The van der Waals surface area contributed by atoms with Gasteiger partial charge in [-0.25, -0.2) is 0 Å². The molecule has 0 saturated carbocycles. The van der Waals surface area contributed by atoms with Gasteiger partial charge in [0, 0.05) is 58.4 Å². The summed E-state index contributed by atoms with van der Waals surface area (Å²) < 4.78 is 4.85. The summed E-state index contributed by atoms with van der Waals surface area (Å²) in [5.41, 5.74) is 7.17. The molecular weight excluding hydrogens is 417 g/mol. The Balaban J connectivity index is 0.00000576. The predicted molar refractivity (Wildman–Crippen MR) is 91.1 cm³/mol. The maximum atomic E-state index is 12.8. The summed E-state index contributed by atoms with van der Waals surface area (Å²) in [6.45, 7) is 8.97. The summed E-state index contributed by atoms with van der Waals surface area (Å²) in [5.74, 6) is -1.39. The molecule has 7 nitrogen and oxygen atoms in total. The van der Waals surface area contributed by atoms with Crippen molar-refractivity contribution in [1.29, 1.82) is 0 Å². The number of carbonyl (C=O) groups excluding carboxylic acids is 3. The zero-order valence-corrected chi connectivity index (χ0v) is 17.2. The minimum absolute atomic E-state index is 0. The van der Waals surface area contributed by atoms with Gasteiger partial charge in [0.25, 0.3) is 0 Å². The fraction of sp³-hybridized carbons (Fsp3) is 0.824. The monoisotopic (exact) mass is 446 g/mol. The molecule has 8 heteroatoms. The minimum Gasteiger partial charge on any atom is -0.677 e. The van der Waals surface area contributed by atoms with Crippen LogP contribution in [0.5, 0.6) is 0 Å². The molecule has 148 valence electrons. The number of piperazine rings is 1. The molecular formula is C17H30N3O4Pd-. The molecule has 0 bridgehead atoms. The Kier molecular flexibility index (Phi) is 10.5. The molecule has 2 amide bonds. The van der Waals surface area contributed by atoms with Crippen LogP contribution in [0.1, 0.15) is 34.1 Å². The molecule has 0 aliphatic carbocycles. The molecule has 0 radical (unpaired) electrons. The molecule has 0 aromatic carbocycles. The zero-order chi connectivity index (χ0) is 18.4. The normalized spacial score (nSPS) is 19.9. The van der Waals surface area contributed by atoms with Crippen molar-refractivity contribution >= 4 is 17.8 Å². The molecule has 1 rings (SSSR count). The van der Waals surface area contributed by atoms with Gasteiger partial charge in [0.05, 0.1) is 13.0 Å². The summed E-state index contributed by atoms with van der Waals surface area (Å²) in [6.07, 6.45) is 0.215. The first kappa shape index (κ1) is 24.0. The second kappa shape index (κ2) is 10.9. The Bertz CT molecular complexity index is 473. The molecule has 1 N–H and O–H groups in total. The average Bonchev–Trinajstić information content (AvgIpc) is 2.53. The summed E-state index contributed by atoms with van der Waals surface area (Å²) in [7, 11) is 1.34.